The van der Waals surface area contributed by atoms with Gasteiger partial charge in [0.05, 0.1) is 18.8 Å². The normalized spacial score (nSPS) is 10.3. The number of hydrogen-bond donors (Lipinski definition) is 0. The largest absolute Gasteiger partial charge is 0.349 e. The van der Waals surface area contributed by atoms with Gasteiger partial charge in [-0.25, -0.2) is 4.99 Å². The Balaban J connectivity index is 2.02. The van der Waals surface area contributed by atoms with Crippen molar-refractivity contribution in [2.75, 3.05) is 28.2 Å². The van der Waals surface area contributed by atoms with E-state index in [1.807, 2.05) is 73.1 Å². The first-order valence-electron chi connectivity index (χ1n) is 7.01. The lowest BCUT2D eigenvalue weighted by Gasteiger charge is -2.22. The SMILES string of the molecule is CN(C)C(=NCc1ccn(Cc2ccccc2)n1)N(C)C. The van der Waals surface area contributed by atoms with Crippen molar-refractivity contribution in [3.05, 3.63) is 53.9 Å². The molecule has 0 aliphatic rings. The van der Waals surface area contributed by atoms with Crippen LogP contribution in [0.3, 0.4) is 0 Å². The van der Waals surface area contributed by atoms with Crippen molar-refractivity contribution in [1.29, 1.82) is 0 Å². The summed E-state index contributed by atoms with van der Waals surface area (Å²) in [6.07, 6.45) is 2.00. The summed E-state index contributed by atoms with van der Waals surface area (Å²) in [4.78, 5) is 8.61. The number of rotatable bonds is 4. The Hall–Kier alpha value is -2.30. The summed E-state index contributed by atoms with van der Waals surface area (Å²) in [5.41, 5.74) is 2.23. The number of aromatic nitrogens is 2. The highest BCUT2D eigenvalue weighted by molar-refractivity contribution is 5.79. The van der Waals surface area contributed by atoms with Crippen LogP contribution in [-0.2, 0) is 13.1 Å². The Morgan fingerprint density at radius 2 is 1.71 bits per heavy atom. The second-order valence-corrected chi connectivity index (χ2v) is 5.40. The smallest absolute Gasteiger partial charge is 0.195 e. The van der Waals surface area contributed by atoms with E-state index >= 15 is 0 Å². The molecule has 1 aromatic carbocycles. The first kappa shape index (κ1) is 15.1. The second-order valence-electron chi connectivity index (χ2n) is 5.40. The van der Waals surface area contributed by atoms with E-state index in [2.05, 4.69) is 22.2 Å². The monoisotopic (exact) mass is 285 g/mol. The van der Waals surface area contributed by atoms with Crippen LogP contribution in [0.2, 0.25) is 0 Å². The van der Waals surface area contributed by atoms with Crippen LogP contribution < -0.4 is 0 Å². The third-order valence-electron chi connectivity index (χ3n) is 3.07. The highest BCUT2D eigenvalue weighted by Gasteiger charge is 2.05. The van der Waals surface area contributed by atoms with Gasteiger partial charge in [-0.15, -0.1) is 0 Å². The quantitative estimate of drug-likeness (QED) is 0.636. The molecule has 5 nitrogen and oxygen atoms in total. The molecule has 21 heavy (non-hydrogen) atoms. The average Bonchev–Trinajstić information content (AvgIpc) is 2.87. The van der Waals surface area contributed by atoms with Crippen LogP contribution >= 0.6 is 0 Å². The van der Waals surface area contributed by atoms with Crippen LogP contribution in [0.15, 0.2) is 47.6 Å². The molecule has 2 rings (SSSR count). The van der Waals surface area contributed by atoms with Gasteiger partial charge in [0.1, 0.15) is 0 Å². The zero-order chi connectivity index (χ0) is 15.2. The molecule has 0 spiro atoms. The predicted octanol–water partition coefficient (Wildman–Crippen LogP) is 1.91. The van der Waals surface area contributed by atoms with Crippen LogP contribution in [0.1, 0.15) is 11.3 Å². The Morgan fingerprint density at radius 1 is 1.05 bits per heavy atom. The molecular weight excluding hydrogens is 262 g/mol. The van der Waals surface area contributed by atoms with Crippen molar-refractivity contribution < 1.29 is 0 Å². The van der Waals surface area contributed by atoms with Crippen molar-refractivity contribution in [2.24, 2.45) is 4.99 Å². The molecule has 5 heteroatoms. The molecular formula is C16H23N5. The molecule has 0 aliphatic heterocycles. The standard InChI is InChI=1S/C16H23N5/c1-19(2)16(20(3)4)17-12-15-10-11-21(18-15)13-14-8-6-5-7-9-14/h5-11H,12-13H2,1-4H3. The first-order chi connectivity index (χ1) is 10.1. The Kier molecular flexibility index (Phi) is 4.98. The summed E-state index contributed by atoms with van der Waals surface area (Å²) >= 11 is 0. The third-order valence-corrected chi connectivity index (χ3v) is 3.07. The molecule has 0 N–H and O–H groups in total. The fraction of sp³-hybridized carbons (Fsp3) is 0.375. The fourth-order valence-corrected chi connectivity index (χ4v) is 2.18. The van der Waals surface area contributed by atoms with Crippen LogP contribution in [0.25, 0.3) is 0 Å². The van der Waals surface area contributed by atoms with E-state index in [0.717, 1.165) is 18.2 Å². The minimum atomic E-state index is 0.591. The first-order valence-corrected chi connectivity index (χ1v) is 7.01. The summed E-state index contributed by atoms with van der Waals surface area (Å²) in [5, 5.41) is 4.57. The van der Waals surface area contributed by atoms with Gasteiger partial charge in [-0.2, -0.15) is 5.10 Å². The van der Waals surface area contributed by atoms with Crippen LogP contribution in [0.5, 0.6) is 0 Å². The molecule has 0 bridgehead atoms. The van der Waals surface area contributed by atoms with Crippen LogP contribution in [0.4, 0.5) is 0 Å². The number of aliphatic imine (C=N–C) groups is 1. The molecule has 2 aromatic rings. The van der Waals surface area contributed by atoms with Crippen molar-refractivity contribution in [1.82, 2.24) is 19.6 Å². The topological polar surface area (TPSA) is 36.7 Å². The van der Waals surface area contributed by atoms with Crippen molar-refractivity contribution in [3.8, 4) is 0 Å². The van der Waals surface area contributed by atoms with Gasteiger partial charge in [-0.3, -0.25) is 4.68 Å². The molecule has 0 atom stereocenters. The molecule has 0 radical (unpaired) electrons. The van der Waals surface area contributed by atoms with E-state index < -0.39 is 0 Å². The third kappa shape index (κ3) is 4.34. The number of hydrogen-bond acceptors (Lipinski definition) is 2. The number of nitrogens with zero attached hydrogens (tertiary/aromatic N) is 5. The van der Waals surface area contributed by atoms with E-state index in [0.29, 0.717) is 6.54 Å². The predicted molar refractivity (Wildman–Crippen MR) is 86.3 cm³/mol. The van der Waals surface area contributed by atoms with Gasteiger partial charge in [0.2, 0.25) is 0 Å². The molecule has 1 heterocycles. The van der Waals surface area contributed by atoms with Crippen molar-refractivity contribution >= 4 is 5.96 Å². The molecule has 0 amide bonds. The van der Waals surface area contributed by atoms with E-state index in [1.54, 1.807) is 0 Å². The van der Waals surface area contributed by atoms with Gasteiger partial charge >= 0.3 is 0 Å². The van der Waals surface area contributed by atoms with Crippen LogP contribution in [-0.4, -0.2) is 53.7 Å². The van der Waals surface area contributed by atoms with Crippen LogP contribution in [0, 0.1) is 0 Å². The molecule has 0 saturated carbocycles. The highest BCUT2D eigenvalue weighted by atomic mass is 15.3. The summed E-state index contributed by atoms with van der Waals surface area (Å²) in [7, 11) is 7.97. The van der Waals surface area contributed by atoms with Gasteiger partial charge < -0.3 is 9.80 Å². The Bertz CT molecular complexity index is 574. The number of guanidine groups is 1. The maximum Gasteiger partial charge on any atom is 0.195 e. The van der Waals surface area contributed by atoms with Gasteiger partial charge in [-0.1, -0.05) is 30.3 Å². The Labute approximate surface area is 126 Å². The minimum absolute atomic E-state index is 0.591. The van der Waals surface area contributed by atoms with Gasteiger partial charge in [0.25, 0.3) is 0 Å². The lowest BCUT2D eigenvalue weighted by Crippen LogP contribution is -2.35. The number of benzene rings is 1. The fourth-order valence-electron chi connectivity index (χ4n) is 2.18. The van der Waals surface area contributed by atoms with Crippen molar-refractivity contribution in [3.63, 3.8) is 0 Å². The molecule has 0 unspecified atom stereocenters. The van der Waals surface area contributed by atoms with E-state index in [9.17, 15) is 0 Å². The van der Waals surface area contributed by atoms with Gasteiger partial charge in [-0.05, 0) is 11.6 Å². The average molecular weight is 285 g/mol. The molecule has 0 saturated heterocycles. The summed E-state index contributed by atoms with van der Waals surface area (Å²) in [5.74, 6) is 0.938. The van der Waals surface area contributed by atoms with E-state index in [1.165, 1.54) is 5.56 Å². The summed E-state index contributed by atoms with van der Waals surface area (Å²) in [6.45, 7) is 1.38. The maximum atomic E-state index is 4.61. The zero-order valence-electron chi connectivity index (χ0n) is 13.2. The molecule has 0 aliphatic carbocycles. The molecule has 0 fully saturated rings. The summed E-state index contributed by atoms with van der Waals surface area (Å²) in [6, 6.07) is 12.4. The molecule has 1 aromatic heterocycles. The highest BCUT2D eigenvalue weighted by Crippen LogP contribution is 2.04. The molecule has 112 valence electrons. The maximum absolute atomic E-state index is 4.61. The second kappa shape index (κ2) is 6.92. The van der Waals surface area contributed by atoms with Gasteiger partial charge in [0.15, 0.2) is 5.96 Å². The Morgan fingerprint density at radius 3 is 2.33 bits per heavy atom. The van der Waals surface area contributed by atoms with Crippen molar-refractivity contribution in [2.45, 2.75) is 13.1 Å². The van der Waals surface area contributed by atoms with E-state index in [4.69, 9.17) is 0 Å². The van der Waals surface area contributed by atoms with Gasteiger partial charge in [0, 0.05) is 34.4 Å². The van der Waals surface area contributed by atoms with E-state index in [-0.39, 0.29) is 0 Å². The minimum Gasteiger partial charge on any atom is -0.349 e. The lowest BCUT2D eigenvalue weighted by molar-refractivity contribution is 0.479. The lowest BCUT2D eigenvalue weighted by atomic mass is 10.2. The summed E-state index contributed by atoms with van der Waals surface area (Å²) < 4.78 is 1.95. The zero-order valence-corrected chi connectivity index (χ0v) is 13.2.